The number of amides is 1. The van der Waals surface area contributed by atoms with E-state index in [1.165, 1.54) is 0 Å². The standard InChI is InChI=1S/C11H21NO6S/c1-11(2,3)18-10(15)12(4-5-13)8-6-19(16,17)7-9(8)14/h8-9,13-14H,4-7H2,1-3H3. The Morgan fingerprint density at radius 2 is 1.95 bits per heavy atom. The summed E-state index contributed by atoms with van der Waals surface area (Å²) in [6.07, 6.45) is -1.88. The van der Waals surface area contributed by atoms with Crippen LogP contribution in [0.3, 0.4) is 0 Å². The van der Waals surface area contributed by atoms with Crippen LogP contribution < -0.4 is 0 Å². The molecule has 1 aliphatic rings. The number of hydrogen-bond acceptors (Lipinski definition) is 6. The first-order valence-corrected chi connectivity index (χ1v) is 7.87. The number of carbonyl (C=O) groups excluding carboxylic acids is 1. The maximum atomic E-state index is 12.0. The maximum Gasteiger partial charge on any atom is 0.410 e. The lowest BCUT2D eigenvalue weighted by atomic mass is 10.2. The zero-order valence-electron chi connectivity index (χ0n) is 11.4. The molecule has 2 N–H and O–H groups in total. The van der Waals surface area contributed by atoms with Gasteiger partial charge >= 0.3 is 6.09 Å². The van der Waals surface area contributed by atoms with E-state index in [1.807, 2.05) is 0 Å². The fourth-order valence-electron chi connectivity index (χ4n) is 1.93. The van der Waals surface area contributed by atoms with Crippen LogP contribution in [0, 0.1) is 0 Å². The van der Waals surface area contributed by atoms with Crippen molar-refractivity contribution in [1.82, 2.24) is 4.90 Å². The lowest BCUT2D eigenvalue weighted by Crippen LogP contribution is -2.49. The molecule has 1 rings (SSSR count). The number of carbonyl (C=O) groups is 1. The number of sulfone groups is 1. The predicted octanol–water partition coefficient (Wildman–Crippen LogP) is -0.626. The molecule has 1 fully saturated rings. The minimum Gasteiger partial charge on any atom is -0.444 e. The van der Waals surface area contributed by atoms with Gasteiger partial charge in [0.1, 0.15) is 5.60 Å². The van der Waals surface area contributed by atoms with E-state index in [0.717, 1.165) is 4.90 Å². The Morgan fingerprint density at radius 1 is 1.37 bits per heavy atom. The molecular weight excluding hydrogens is 274 g/mol. The lowest BCUT2D eigenvalue weighted by molar-refractivity contribution is -0.0000712. The monoisotopic (exact) mass is 295 g/mol. The average molecular weight is 295 g/mol. The molecule has 0 spiro atoms. The smallest absolute Gasteiger partial charge is 0.410 e. The van der Waals surface area contributed by atoms with E-state index >= 15 is 0 Å². The van der Waals surface area contributed by atoms with Crippen molar-refractivity contribution < 1.29 is 28.2 Å². The van der Waals surface area contributed by atoms with E-state index in [9.17, 15) is 18.3 Å². The van der Waals surface area contributed by atoms with Crippen LogP contribution in [0.25, 0.3) is 0 Å². The number of nitrogens with zero attached hydrogens (tertiary/aromatic N) is 1. The Hall–Kier alpha value is -0.860. The summed E-state index contributed by atoms with van der Waals surface area (Å²) in [5, 5.41) is 18.7. The fraction of sp³-hybridized carbons (Fsp3) is 0.909. The fourth-order valence-corrected chi connectivity index (χ4v) is 3.73. The molecule has 7 nitrogen and oxygen atoms in total. The maximum absolute atomic E-state index is 12.0. The van der Waals surface area contributed by atoms with Crippen LogP contribution in [-0.4, -0.2) is 72.0 Å². The molecule has 1 saturated heterocycles. The summed E-state index contributed by atoms with van der Waals surface area (Å²) in [6.45, 7) is 4.65. The van der Waals surface area contributed by atoms with E-state index < -0.39 is 33.7 Å². The van der Waals surface area contributed by atoms with Crippen LogP contribution in [0.5, 0.6) is 0 Å². The van der Waals surface area contributed by atoms with E-state index in [0.29, 0.717) is 0 Å². The van der Waals surface area contributed by atoms with E-state index in [-0.39, 0.29) is 24.7 Å². The second-order valence-electron chi connectivity index (χ2n) is 5.61. The highest BCUT2D eigenvalue weighted by molar-refractivity contribution is 7.91. The molecule has 8 heteroatoms. The van der Waals surface area contributed by atoms with Crippen molar-refractivity contribution in [2.24, 2.45) is 0 Å². The van der Waals surface area contributed by atoms with Crippen molar-refractivity contribution in [3.63, 3.8) is 0 Å². The molecule has 0 aromatic heterocycles. The van der Waals surface area contributed by atoms with Crippen LogP contribution in [0.1, 0.15) is 20.8 Å². The topological polar surface area (TPSA) is 104 Å². The molecule has 112 valence electrons. The summed E-state index contributed by atoms with van der Waals surface area (Å²) in [7, 11) is -3.37. The Bertz CT molecular complexity index is 427. The van der Waals surface area contributed by atoms with Gasteiger partial charge in [-0.3, -0.25) is 4.90 Å². The average Bonchev–Trinajstić information content (AvgIpc) is 2.45. The Kier molecular flexibility index (Phi) is 4.81. The van der Waals surface area contributed by atoms with Crippen molar-refractivity contribution in [3.8, 4) is 0 Å². The van der Waals surface area contributed by atoms with Crippen molar-refractivity contribution in [2.75, 3.05) is 24.7 Å². The highest BCUT2D eigenvalue weighted by atomic mass is 32.2. The molecule has 2 atom stereocenters. The Balaban J connectivity index is 2.86. The van der Waals surface area contributed by atoms with Gasteiger partial charge in [0.2, 0.25) is 0 Å². The SMILES string of the molecule is CC(C)(C)OC(=O)N(CCO)C1CS(=O)(=O)CC1O. The molecule has 0 saturated carbocycles. The van der Waals surface area contributed by atoms with Gasteiger partial charge in [-0.25, -0.2) is 13.2 Å². The van der Waals surface area contributed by atoms with Crippen molar-refractivity contribution in [1.29, 1.82) is 0 Å². The summed E-state index contributed by atoms with van der Waals surface area (Å²) in [6, 6.07) is -0.869. The lowest BCUT2D eigenvalue weighted by Gasteiger charge is -2.31. The second-order valence-corrected chi connectivity index (χ2v) is 7.76. The van der Waals surface area contributed by atoms with Crippen molar-refractivity contribution in [2.45, 2.75) is 38.5 Å². The summed E-state index contributed by atoms with van der Waals surface area (Å²) >= 11 is 0. The Morgan fingerprint density at radius 3 is 2.32 bits per heavy atom. The number of aliphatic hydroxyl groups excluding tert-OH is 2. The van der Waals surface area contributed by atoms with E-state index in [1.54, 1.807) is 20.8 Å². The van der Waals surface area contributed by atoms with Gasteiger partial charge in [-0.2, -0.15) is 0 Å². The number of ether oxygens (including phenoxy) is 1. The molecule has 1 heterocycles. The summed E-state index contributed by atoms with van der Waals surface area (Å²) in [5.41, 5.74) is -0.729. The second kappa shape index (κ2) is 5.64. The van der Waals surface area contributed by atoms with Gasteiger partial charge in [0.15, 0.2) is 9.84 Å². The van der Waals surface area contributed by atoms with Crippen LogP contribution in [0.2, 0.25) is 0 Å². The Labute approximate surface area is 113 Å². The molecule has 0 radical (unpaired) electrons. The minimum atomic E-state index is -3.37. The van der Waals surface area contributed by atoms with Gasteiger partial charge in [-0.05, 0) is 20.8 Å². The molecule has 1 aliphatic heterocycles. The third-order valence-electron chi connectivity index (χ3n) is 2.66. The number of hydrogen-bond donors (Lipinski definition) is 2. The molecule has 0 bridgehead atoms. The first kappa shape index (κ1) is 16.2. The van der Waals surface area contributed by atoms with Gasteiger partial charge in [-0.1, -0.05) is 0 Å². The molecule has 19 heavy (non-hydrogen) atoms. The molecular formula is C11H21NO6S. The van der Waals surface area contributed by atoms with Crippen LogP contribution in [0.4, 0.5) is 4.79 Å². The van der Waals surface area contributed by atoms with Gasteiger partial charge < -0.3 is 14.9 Å². The minimum absolute atomic E-state index is 0.0772. The quantitative estimate of drug-likeness (QED) is 0.718. The zero-order chi connectivity index (χ0) is 14.8. The van der Waals surface area contributed by atoms with Crippen LogP contribution >= 0.6 is 0 Å². The van der Waals surface area contributed by atoms with Gasteiger partial charge in [0, 0.05) is 6.54 Å². The van der Waals surface area contributed by atoms with Gasteiger partial charge in [0.05, 0.1) is 30.3 Å². The summed E-state index contributed by atoms with van der Waals surface area (Å²) < 4.78 is 28.1. The van der Waals surface area contributed by atoms with E-state index in [2.05, 4.69) is 0 Å². The van der Waals surface area contributed by atoms with E-state index in [4.69, 9.17) is 9.84 Å². The molecule has 0 aromatic carbocycles. The predicted molar refractivity (Wildman–Crippen MR) is 68.5 cm³/mol. The zero-order valence-corrected chi connectivity index (χ0v) is 12.2. The first-order chi connectivity index (χ1) is 8.56. The summed E-state index contributed by atoms with van der Waals surface area (Å²) in [5.74, 6) is -0.685. The van der Waals surface area contributed by atoms with Crippen LogP contribution in [0.15, 0.2) is 0 Å². The highest BCUT2D eigenvalue weighted by Crippen LogP contribution is 2.21. The number of aliphatic hydroxyl groups is 2. The molecule has 1 amide bonds. The normalized spacial score (nSPS) is 26.2. The van der Waals surface area contributed by atoms with Gasteiger partial charge in [0.25, 0.3) is 0 Å². The first-order valence-electron chi connectivity index (χ1n) is 6.05. The molecule has 2 unspecified atom stereocenters. The largest absolute Gasteiger partial charge is 0.444 e. The molecule has 0 aromatic rings. The molecule has 0 aliphatic carbocycles. The van der Waals surface area contributed by atoms with Crippen molar-refractivity contribution in [3.05, 3.63) is 0 Å². The third kappa shape index (κ3) is 4.63. The summed E-state index contributed by atoms with van der Waals surface area (Å²) in [4.78, 5) is 13.1. The number of rotatable bonds is 3. The highest BCUT2D eigenvalue weighted by Gasteiger charge is 2.42. The van der Waals surface area contributed by atoms with Crippen LogP contribution in [-0.2, 0) is 14.6 Å². The van der Waals surface area contributed by atoms with Gasteiger partial charge in [-0.15, -0.1) is 0 Å². The third-order valence-corrected chi connectivity index (χ3v) is 4.36. The van der Waals surface area contributed by atoms with Crippen molar-refractivity contribution >= 4 is 15.9 Å².